The Morgan fingerprint density at radius 2 is 2.06 bits per heavy atom. The topological polar surface area (TPSA) is 100 Å². The number of rotatable bonds is 2. The molecule has 0 spiro atoms. The van der Waals surface area contributed by atoms with Gasteiger partial charge in [-0.2, -0.15) is 5.26 Å². The molecule has 0 aromatic carbocycles. The van der Waals surface area contributed by atoms with Crippen LogP contribution in [0.15, 0.2) is 30.9 Å². The Labute approximate surface area is 184 Å². The number of nitrogens with zero attached hydrogens (tertiary/aromatic N) is 7. The molecule has 1 saturated heterocycles. The lowest BCUT2D eigenvalue weighted by Gasteiger charge is -2.37. The fourth-order valence-electron chi connectivity index (χ4n) is 4.32. The van der Waals surface area contributed by atoms with Crippen LogP contribution < -0.4 is 9.64 Å². The first kappa shape index (κ1) is 20.2. The number of carbonyl (C=O) groups excluding carboxylic acids is 1. The molecule has 0 N–H and O–H groups in total. The van der Waals surface area contributed by atoms with Crippen molar-refractivity contribution >= 4 is 22.9 Å². The molecule has 2 aliphatic rings. The predicted molar refractivity (Wildman–Crippen MR) is 114 cm³/mol. The molecule has 0 saturated carbocycles. The standard InChI is InChI=1S/C22H22FN7O2/c1-28-5-2-17-18(28)13-26-21(27-17)29-6-3-22(23,4-7-29)20(31)30-8-9-32-19-15(10-24)11-25-12-16(19)14-30/h2,5,11-13H,3-4,6-9,14H2,1H3. The Balaban J connectivity index is 1.30. The second-order valence-corrected chi connectivity index (χ2v) is 8.18. The van der Waals surface area contributed by atoms with Crippen LogP contribution in [0.5, 0.6) is 5.75 Å². The van der Waals surface area contributed by atoms with Crippen molar-refractivity contribution < 1.29 is 13.9 Å². The zero-order valence-electron chi connectivity index (χ0n) is 17.7. The number of alkyl halides is 1. The summed E-state index contributed by atoms with van der Waals surface area (Å²) in [6.45, 7) is 1.31. The summed E-state index contributed by atoms with van der Waals surface area (Å²) in [6, 6.07) is 3.96. The molecule has 5 rings (SSSR count). The molecule has 3 aromatic heterocycles. The number of nitriles is 1. The second kappa shape index (κ2) is 7.75. The normalized spacial score (nSPS) is 17.9. The average molecular weight is 435 g/mol. The Morgan fingerprint density at radius 1 is 1.25 bits per heavy atom. The molecule has 0 atom stereocenters. The van der Waals surface area contributed by atoms with Gasteiger partial charge in [0, 0.05) is 57.1 Å². The van der Waals surface area contributed by atoms with E-state index >= 15 is 4.39 Å². The minimum Gasteiger partial charge on any atom is -0.490 e. The number of hydrogen-bond donors (Lipinski definition) is 0. The van der Waals surface area contributed by atoms with E-state index in [9.17, 15) is 10.1 Å². The number of piperidine rings is 1. The van der Waals surface area contributed by atoms with Gasteiger partial charge >= 0.3 is 0 Å². The molecule has 0 radical (unpaired) electrons. The van der Waals surface area contributed by atoms with Gasteiger partial charge in [0.05, 0.1) is 30.3 Å². The Morgan fingerprint density at radius 3 is 2.84 bits per heavy atom. The van der Waals surface area contributed by atoms with Crippen LogP contribution in [0, 0.1) is 11.3 Å². The number of carbonyl (C=O) groups is 1. The number of hydrogen-bond acceptors (Lipinski definition) is 7. The highest BCUT2D eigenvalue weighted by molar-refractivity contribution is 5.85. The quantitative estimate of drug-likeness (QED) is 0.607. The van der Waals surface area contributed by atoms with Crippen molar-refractivity contribution in [1.82, 2.24) is 24.4 Å². The molecular formula is C22H22FN7O2. The third-order valence-corrected chi connectivity index (χ3v) is 6.19. The van der Waals surface area contributed by atoms with E-state index in [1.54, 1.807) is 12.4 Å². The lowest BCUT2D eigenvalue weighted by molar-refractivity contribution is -0.146. The molecule has 2 aliphatic heterocycles. The highest BCUT2D eigenvalue weighted by Crippen LogP contribution is 2.33. The summed E-state index contributed by atoms with van der Waals surface area (Å²) in [7, 11) is 1.93. The maximum atomic E-state index is 15.8. The van der Waals surface area contributed by atoms with E-state index in [0.717, 1.165) is 11.0 Å². The highest BCUT2D eigenvalue weighted by Gasteiger charge is 2.45. The first-order valence-electron chi connectivity index (χ1n) is 10.5. The van der Waals surface area contributed by atoms with E-state index in [2.05, 4.69) is 15.0 Å². The molecule has 0 unspecified atom stereocenters. The van der Waals surface area contributed by atoms with Gasteiger partial charge in [-0.1, -0.05) is 0 Å². The largest absolute Gasteiger partial charge is 0.490 e. The van der Waals surface area contributed by atoms with Gasteiger partial charge in [-0.15, -0.1) is 0 Å². The summed E-state index contributed by atoms with van der Waals surface area (Å²) >= 11 is 0. The zero-order chi connectivity index (χ0) is 22.3. The van der Waals surface area contributed by atoms with Crippen molar-refractivity contribution in [2.24, 2.45) is 7.05 Å². The smallest absolute Gasteiger partial charge is 0.260 e. The summed E-state index contributed by atoms with van der Waals surface area (Å²) in [5.41, 5.74) is 0.728. The van der Waals surface area contributed by atoms with Crippen LogP contribution in [0.4, 0.5) is 10.3 Å². The predicted octanol–water partition coefficient (Wildman–Crippen LogP) is 1.96. The summed E-state index contributed by atoms with van der Waals surface area (Å²) in [5, 5.41) is 9.26. The monoisotopic (exact) mass is 435 g/mol. The lowest BCUT2D eigenvalue weighted by Crippen LogP contribution is -2.53. The maximum absolute atomic E-state index is 15.8. The van der Waals surface area contributed by atoms with Gasteiger partial charge in [0.25, 0.3) is 5.91 Å². The van der Waals surface area contributed by atoms with Crippen LogP contribution in [0.1, 0.15) is 24.0 Å². The summed E-state index contributed by atoms with van der Waals surface area (Å²) in [4.78, 5) is 29.6. The van der Waals surface area contributed by atoms with Gasteiger partial charge in [-0.3, -0.25) is 9.78 Å². The summed E-state index contributed by atoms with van der Waals surface area (Å²) in [5.74, 6) is 0.426. The van der Waals surface area contributed by atoms with Gasteiger partial charge in [0.2, 0.25) is 5.95 Å². The first-order valence-corrected chi connectivity index (χ1v) is 10.5. The molecule has 5 heterocycles. The Hall–Kier alpha value is -3.74. The van der Waals surface area contributed by atoms with E-state index in [1.165, 1.54) is 11.1 Å². The maximum Gasteiger partial charge on any atom is 0.260 e. The third kappa shape index (κ3) is 3.39. The first-order chi connectivity index (χ1) is 15.5. The average Bonchev–Trinajstić information content (AvgIpc) is 3.04. The van der Waals surface area contributed by atoms with Crippen LogP contribution in [-0.4, -0.2) is 62.2 Å². The van der Waals surface area contributed by atoms with Gasteiger partial charge in [0.15, 0.2) is 5.67 Å². The number of pyridine rings is 1. The van der Waals surface area contributed by atoms with E-state index in [4.69, 9.17) is 4.74 Å². The molecule has 9 nitrogen and oxygen atoms in total. The lowest BCUT2D eigenvalue weighted by atomic mass is 9.91. The molecule has 10 heteroatoms. The van der Waals surface area contributed by atoms with E-state index in [-0.39, 0.29) is 32.5 Å². The Bertz CT molecular complexity index is 1230. The van der Waals surface area contributed by atoms with Crippen molar-refractivity contribution in [3.05, 3.63) is 42.0 Å². The van der Waals surface area contributed by atoms with Gasteiger partial charge in [0.1, 0.15) is 24.0 Å². The summed E-state index contributed by atoms with van der Waals surface area (Å²) in [6.07, 6.45) is 6.79. The van der Waals surface area contributed by atoms with E-state index in [1.807, 2.05) is 34.8 Å². The molecule has 32 heavy (non-hydrogen) atoms. The minimum atomic E-state index is -1.96. The van der Waals surface area contributed by atoms with Crippen LogP contribution in [0.3, 0.4) is 0 Å². The van der Waals surface area contributed by atoms with Crippen LogP contribution in [0.25, 0.3) is 11.0 Å². The van der Waals surface area contributed by atoms with E-state index < -0.39 is 11.6 Å². The Kier molecular flexibility index (Phi) is 4.89. The number of aromatic nitrogens is 4. The molecular weight excluding hydrogens is 413 g/mol. The molecule has 1 fully saturated rings. The summed E-state index contributed by atoms with van der Waals surface area (Å²) < 4.78 is 23.4. The van der Waals surface area contributed by atoms with Crippen molar-refractivity contribution in [1.29, 1.82) is 5.26 Å². The number of anilines is 1. The molecule has 0 aliphatic carbocycles. The van der Waals surface area contributed by atoms with E-state index in [0.29, 0.717) is 35.9 Å². The van der Waals surface area contributed by atoms with Gasteiger partial charge in [-0.05, 0) is 6.07 Å². The van der Waals surface area contributed by atoms with Crippen molar-refractivity contribution in [3.8, 4) is 11.8 Å². The number of amides is 1. The van der Waals surface area contributed by atoms with Crippen LogP contribution >= 0.6 is 0 Å². The second-order valence-electron chi connectivity index (χ2n) is 8.18. The third-order valence-electron chi connectivity index (χ3n) is 6.19. The number of halogens is 1. The molecule has 164 valence electrons. The zero-order valence-corrected chi connectivity index (χ0v) is 17.7. The SMILES string of the molecule is Cn1ccc2nc(N3CCC(F)(C(=O)N4CCOc5c(C#N)cncc5C4)CC3)ncc21. The molecule has 0 bridgehead atoms. The number of aryl methyl sites for hydroxylation is 1. The number of fused-ring (bicyclic) bond motifs is 2. The van der Waals surface area contributed by atoms with Gasteiger partial charge in [-0.25, -0.2) is 14.4 Å². The van der Waals surface area contributed by atoms with Crippen LogP contribution in [0.2, 0.25) is 0 Å². The van der Waals surface area contributed by atoms with Gasteiger partial charge < -0.3 is 19.1 Å². The fourth-order valence-corrected chi connectivity index (χ4v) is 4.32. The van der Waals surface area contributed by atoms with Crippen molar-refractivity contribution in [3.63, 3.8) is 0 Å². The molecule has 1 amide bonds. The number of ether oxygens (including phenoxy) is 1. The fraction of sp³-hybridized carbons (Fsp3) is 0.409. The van der Waals surface area contributed by atoms with Crippen LogP contribution in [-0.2, 0) is 18.4 Å². The molecule has 3 aromatic rings. The minimum absolute atomic E-state index is 0.0583. The van der Waals surface area contributed by atoms with Crippen molar-refractivity contribution in [2.75, 3.05) is 31.1 Å². The van der Waals surface area contributed by atoms with Crippen molar-refractivity contribution in [2.45, 2.75) is 25.1 Å². The highest BCUT2D eigenvalue weighted by atomic mass is 19.1.